The molecule has 3 aromatic rings. The number of aromatic nitrogens is 1. The highest BCUT2D eigenvalue weighted by Gasteiger charge is 2.21. The molecule has 0 spiro atoms. The van der Waals surface area contributed by atoms with E-state index in [0.29, 0.717) is 42.3 Å². The Morgan fingerprint density at radius 2 is 1.59 bits per heavy atom. The van der Waals surface area contributed by atoms with Crippen LogP contribution in [-0.2, 0) is 0 Å². The molecule has 0 radical (unpaired) electrons. The third-order valence-electron chi connectivity index (χ3n) is 5.55. The molecule has 3 amide bonds. The lowest BCUT2D eigenvalue weighted by Gasteiger charge is -2.23. The summed E-state index contributed by atoms with van der Waals surface area (Å²) in [4.78, 5) is 33.4. The molecule has 2 heterocycles. The molecule has 4 rings (SSSR count). The van der Waals surface area contributed by atoms with Crippen molar-refractivity contribution in [2.24, 2.45) is 0 Å². The maximum absolute atomic E-state index is 13.1. The molecule has 1 aromatic heterocycles. The van der Waals surface area contributed by atoms with E-state index in [0.717, 1.165) is 18.8 Å². The number of rotatable bonds is 5. The molecule has 2 aromatic carbocycles. The number of hydrogen-bond donors (Lipinski definition) is 2. The van der Waals surface area contributed by atoms with E-state index < -0.39 is 0 Å². The highest BCUT2D eigenvalue weighted by atomic mass is 19.1. The van der Waals surface area contributed by atoms with E-state index in [1.807, 2.05) is 6.07 Å². The normalized spacial score (nSPS) is 13.7. The van der Waals surface area contributed by atoms with Crippen molar-refractivity contribution in [3.63, 3.8) is 0 Å². The van der Waals surface area contributed by atoms with Gasteiger partial charge >= 0.3 is 6.03 Å². The number of benzene rings is 2. The molecular weight excluding hydrogens is 437 g/mol. The summed E-state index contributed by atoms with van der Waals surface area (Å²) in [5.74, 6) is 1.03. The van der Waals surface area contributed by atoms with Crippen LogP contribution >= 0.6 is 0 Å². The van der Waals surface area contributed by atoms with E-state index in [1.165, 1.54) is 24.3 Å². The number of methoxy groups -OCH3 is 1. The van der Waals surface area contributed by atoms with Crippen LogP contribution < -0.4 is 20.3 Å². The zero-order valence-corrected chi connectivity index (χ0v) is 18.8. The number of anilines is 3. The zero-order valence-electron chi connectivity index (χ0n) is 18.8. The molecule has 1 saturated heterocycles. The Bertz CT molecular complexity index is 1120. The number of nitrogens with zero attached hydrogens (tertiary/aromatic N) is 3. The Morgan fingerprint density at radius 3 is 2.26 bits per heavy atom. The Kier molecular flexibility index (Phi) is 7.22. The average molecular weight is 464 g/mol. The number of hydrogen-bond acceptors (Lipinski definition) is 5. The van der Waals surface area contributed by atoms with Crippen LogP contribution in [0.25, 0.3) is 0 Å². The number of ether oxygens (including phenoxy) is 1. The Balaban J connectivity index is 1.31. The fraction of sp³-hybridized carbons (Fsp3) is 0.240. The molecule has 0 atom stereocenters. The molecule has 2 N–H and O–H groups in total. The summed E-state index contributed by atoms with van der Waals surface area (Å²) in [7, 11) is 1.58. The number of carbonyl (C=O) groups is 2. The van der Waals surface area contributed by atoms with Gasteiger partial charge in [-0.15, -0.1) is 0 Å². The number of carbonyl (C=O) groups excluding carboxylic acids is 2. The van der Waals surface area contributed by atoms with Crippen LogP contribution in [0.1, 0.15) is 16.8 Å². The number of amides is 3. The number of nitrogens with one attached hydrogen (secondary N) is 2. The van der Waals surface area contributed by atoms with Crippen molar-refractivity contribution in [3.8, 4) is 5.75 Å². The van der Waals surface area contributed by atoms with Gasteiger partial charge in [0.2, 0.25) is 0 Å². The molecule has 0 saturated carbocycles. The van der Waals surface area contributed by atoms with Crippen molar-refractivity contribution in [1.29, 1.82) is 0 Å². The molecule has 1 fully saturated rings. The Labute approximate surface area is 197 Å². The van der Waals surface area contributed by atoms with E-state index in [1.54, 1.807) is 48.5 Å². The molecule has 176 valence electrons. The van der Waals surface area contributed by atoms with Gasteiger partial charge in [0.25, 0.3) is 5.91 Å². The maximum Gasteiger partial charge on any atom is 0.323 e. The second-order valence-corrected chi connectivity index (χ2v) is 7.85. The average Bonchev–Trinajstić information content (AvgIpc) is 3.11. The van der Waals surface area contributed by atoms with Gasteiger partial charge in [0, 0.05) is 37.4 Å². The number of halogens is 1. The second kappa shape index (κ2) is 10.7. The number of pyridine rings is 1. The second-order valence-electron chi connectivity index (χ2n) is 7.85. The number of urea groups is 1. The van der Waals surface area contributed by atoms with Crippen molar-refractivity contribution >= 4 is 29.1 Å². The van der Waals surface area contributed by atoms with E-state index in [2.05, 4.69) is 20.5 Å². The van der Waals surface area contributed by atoms with Crippen LogP contribution in [0.15, 0.2) is 66.9 Å². The summed E-state index contributed by atoms with van der Waals surface area (Å²) in [6.45, 7) is 2.55. The minimum absolute atomic E-state index is 0.0998. The van der Waals surface area contributed by atoms with Crippen molar-refractivity contribution in [2.75, 3.05) is 48.8 Å². The summed E-state index contributed by atoms with van der Waals surface area (Å²) in [5, 5.41) is 5.52. The van der Waals surface area contributed by atoms with Crippen LogP contribution in [0, 0.1) is 5.82 Å². The lowest BCUT2D eigenvalue weighted by molar-refractivity contribution is 0.0767. The fourth-order valence-electron chi connectivity index (χ4n) is 3.74. The summed E-state index contributed by atoms with van der Waals surface area (Å²) in [6, 6.07) is 15.9. The van der Waals surface area contributed by atoms with Crippen molar-refractivity contribution in [3.05, 3.63) is 78.2 Å². The highest BCUT2D eigenvalue weighted by Crippen LogP contribution is 2.19. The third-order valence-corrected chi connectivity index (χ3v) is 5.55. The lowest BCUT2D eigenvalue weighted by Crippen LogP contribution is -2.35. The van der Waals surface area contributed by atoms with Gasteiger partial charge in [0.1, 0.15) is 17.4 Å². The lowest BCUT2D eigenvalue weighted by atomic mass is 10.2. The van der Waals surface area contributed by atoms with Crippen LogP contribution in [0.5, 0.6) is 5.75 Å². The first kappa shape index (κ1) is 23.0. The SMILES string of the molecule is COc1ccc(NC(=O)Nc2ccc(N3CCCN(C(=O)c4ccc(F)cc4)CC3)nc2)cc1. The van der Waals surface area contributed by atoms with Gasteiger partial charge in [-0.1, -0.05) is 0 Å². The largest absolute Gasteiger partial charge is 0.497 e. The molecule has 1 aliphatic heterocycles. The highest BCUT2D eigenvalue weighted by molar-refractivity contribution is 5.99. The quantitative estimate of drug-likeness (QED) is 0.592. The van der Waals surface area contributed by atoms with E-state index in [9.17, 15) is 14.0 Å². The van der Waals surface area contributed by atoms with Gasteiger partial charge in [-0.2, -0.15) is 0 Å². The van der Waals surface area contributed by atoms with E-state index >= 15 is 0 Å². The smallest absolute Gasteiger partial charge is 0.323 e. The molecule has 8 nitrogen and oxygen atoms in total. The predicted octanol–water partition coefficient (Wildman–Crippen LogP) is 4.23. The monoisotopic (exact) mass is 463 g/mol. The minimum Gasteiger partial charge on any atom is -0.497 e. The van der Waals surface area contributed by atoms with E-state index in [-0.39, 0.29) is 17.8 Å². The third kappa shape index (κ3) is 5.80. The molecule has 0 aliphatic carbocycles. The van der Waals surface area contributed by atoms with Gasteiger partial charge in [-0.05, 0) is 67.1 Å². The van der Waals surface area contributed by atoms with Crippen LogP contribution in [0.4, 0.5) is 26.4 Å². The first-order chi connectivity index (χ1) is 16.5. The molecule has 0 unspecified atom stereocenters. The first-order valence-electron chi connectivity index (χ1n) is 11.0. The Morgan fingerprint density at radius 1 is 0.882 bits per heavy atom. The van der Waals surface area contributed by atoms with Crippen LogP contribution in [-0.4, -0.2) is 55.1 Å². The molecule has 0 bridgehead atoms. The summed E-state index contributed by atoms with van der Waals surface area (Å²) in [5.41, 5.74) is 1.70. The van der Waals surface area contributed by atoms with Gasteiger partial charge in [0.15, 0.2) is 0 Å². The van der Waals surface area contributed by atoms with Crippen molar-refractivity contribution in [1.82, 2.24) is 9.88 Å². The van der Waals surface area contributed by atoms with Gasteiger partial charge in [0.05, 0.1) is 19.0 Å². The van der Waals surface area contributed by atoms with E-state index in [4.69, 9.17) is 4.74 Å². The molecule has 1 aliphatic rings. The van der Waals surface area contributed by atoms with Crippen LogP contribution in [0.2, 0.25) is 0 Å². The summed E-state index contributed by atoms with van der Waals surface area (Å²) in [6.07, 6.45) is 2.40. The standard InChI is InChI=1S/C25H26FN5O3/c1-34-22-10-7-20(8-11-22)28-25(33)29-21-9-12-23(27-17-21)30-13-2-14-31(16-15-30)24(32)18-3-5-19(26)6-4-18/h3-12,17H,2,13-16H2,1H3,(H2,28,29,33). The van der Waals surface area contributed by atoms with Crippen molar-refractivity contribution < 1.29 is 18.7 Å². The van der Waals surface area contributed by atoms with Crippen molar-refractivity contribution in [2.45, 2.75) is 6.42 Å². The zero-order chi connectivity index (χ0) is 23.9. The van der Waals surface area contributed by atoms with Gasteiger partial charge in [-0.3, -0.25) is 4.79 Å². The fourth-order valence-corrected chi connectivity index (χ4v) is 3.74. The molecule has 9 heteroatoms. The summed E-state index contributed by atoms with van der Waals surface area (Å²) < 4.78 is 18.3. The molecule has 34 heavy (non-hydrogen) atoms. The van der Waals surface area contributed by atoms with Gasteiger partial charge in [-0.25, -0.2) is 14.2 Å². The summed E-state index contributed by atoms with van der Waals surface area (Å²) >= 11 is 0. The van der Waals surface area contributed by atoms with Crippen LogP contribution in [0.3, 0.4) is 0 Å². The minimum atomic E-state index is -0.371. The Hall–Kier alpha value is -4.14. The topological polar surface area (TPSA) is 86.8 Å². The maximum atomic E-state index is 13.1. The molecular formula is C25H26FN5O3. The first-order valence-corrected chi connectivity index (χ1v) is 11.0. The van der Waals surface area contributed by atoms with Gasteiger partial charge < -0.3 is 25.2 Å². The predicted molar refractivity (Wildman–Crippen MR) is 129 cm³/mol.